The SMILES string of the molecule is CCC(=O)C(=O)c1ccc(Sc2ccc(C(=O)/C(CC)=N/OC(C)=O)cc2)cc1. The summed E-state index contributed by atoms with van der Waals surface area (Å²) in [6.07, 6.45) is 0.528. The van der Waals surface area contributed by atoms with Crippen LogP contribution < -0.4 is 0 Å². The Morgan fingerprint density at radius 1 is 0.793 bits per heavy atom. The third-order valence-electron chi connectivity index (χ3n) is 3.92. The van der Waals surface area contributed by atoms with E-state index in [4.69, 9.17) is 0 Å². The van der Waals surface area contributed by atoms with Crippen LogP contribution in [-0.2, 0) is 14.4 Å². The van der Waals surface area contributed by atoms with Crippen molar-refractivity contribution < 1.29 is 24.0 Å². The normalized spacial score (nSPS) is 11.1. The fraction of sp³-hybridized carbons (Fsp3) is 0.227. The lowest BCUT2D eigenvalue weighted by molar-refractivity contribution is -0.140. The van der Waals surface area contributed by atoms with Crippen LogP contribution in [0.4, 0.5) is 0 Å². The van der Waals surface area contributed by atoms with Gasteiger partial charge in [-0.05, 0) is 55.0 Å². The van der Waals surface area contributed by atoms with E-state index in [0.29, 0.717) is 17.5 Å². The molecule has 0 saturated carbocycles. The molecule has 0 radical (unpaired) electrons. The van der Waals surface area contributed by atoms with Crippen molar-refractivity contribution in [2.24, 2.45) is 5.16 Å². The lowest BCUT2D eigenvalue weighted by atomic mass is 10.1. The molecule has 0 heterocycles. The largest absolute Gasteiger partial charge is 0.331 e. The minimum absolute atomic E-state index is 0.169. The van der Waals surface area contributed by atoms with Crippen molar-refractivity contribution >= 4 is 40.8 Å². The zero-order chi connectivity index (χ0) is 21.4. The average molecular weight is 411 g/mol. The van der Waals surface area contributed by atoms with E-state index >= 15 is 0 Å². The van der Waals surface area contributed by atoms with Gasteiger partial charge in [-0.2, -0.15) is 0 Å². The van der Waals surface area contributed by atoms with E-state index < -0.39 is 17.5 Å². The molecule has 0 spiro atoms. The molecule has 0 atom stereocenters. The Bertz CT molecular complexity index is 946. The molecule has 29 heavy (non-hydrogen) atoms. The van der Waals surface area contributed by atoms with Gasteiger partial charge in [0.1, 0.15) is 5.71 Å². The maximum atomic E-state index is 12.5. The second-order valence-corrected chi connectivity index (χ2v) is 7.21. The van der Waals surface area contributed by atoms with Crippen molar-refractivity contribution in [3.8, 4) is 0 Å². The molecule has 0 aromatic heterocycles. The van der Waals surface area contributed by atoms with Gasteiger partial charge in [0.15, 0.2) is 0 Å². The van der Waals surface area contributed by atoms with Gasteiger partial charge in [-0.1, -0.05) is 30.8 Å². The van der Waals surface area contributed by atoms with Crippen molar-refractivity contribution in [2.75, 3.05) is 0 Å². The molecule has 0 bridgehead atoms. The van der Waals surface area contributed by atoms with Crippen LogP contribution in [0.1, 0.15) is 54.3 Å². The molecule has 0 aliphatic carbocycles. The molecular weight excluding hydrogens is 390 g/mol. The summed E-state index contributed by atoms with van der Waals surface area (Å²) in [4.78, 5) is 53.1. The molecule has 0 aliphatic heterocycles. The zero-order valence-electron chi connectivity index (χ0n) is 16.4. The zero-order valence-corrected chi connectivity index (χ0v) is 17.2. The van der Waals surface area contributed by atoms with Gasteiger partial charge in [0.05, 0.1) is 0 Å². The third-order valence-corrected chi connectivity index (χ3v) is 4.94. The summed E-state index contributed by atoms with van der Waals surface area (Å²) in [5.74, 6) is -1.76. The number of hydrogen-bond donors (Lipinski definition) is 0. The molecule has 0 N–H and O–H groups in total. The molecule has 0 aliphatic rings. The van der Waals surface area contributed by atoms with E-state index in [-0.39, 0.29) is 17.9 Å². The van der Waals surface area contributed by atoms with Gasteiger partial charge in [-0.3, -0.25) is 14.4 Å². The van der Waals surface area contributed by atoms with Crippen LogP contribution in [0.15, 0.2) is 63.5 Å². The monoisotopic (exact) mass is 411 g/mol. The quantitative estimate of drug-likeness (QED) is 0.198. The Hall–Kier alpha value is -3.06. The van der Waals surface area contributed by atoms with E-state index in [1.165, 1.54) is 18.7 Å². The van der Waals surface area contributed by atoms with Crippen molar-refractivity contribution in [2.45, 2.75) is 43.4 Å². The summed E-state index contributed by atoms with van der Waals surface area (Å²) in [6, 6.07) is 13.8. The predicted octanol–water partition coefficient (Wildman–Crippen LogP) is 4.51. The minimum atomic E-state index is -0.581. The van der Waals surface area contributed by atoms with Crippen molar-refractivity contribution in [3.05, 3.63) is 59.7 Å². The first-order valence-electron chi connectivity index (χ1n) is 9.10. The van der Waals surface area contributed by atoms with E-state index in [0.717, 1.165) is 9.79 Å². The smallest absolute Gasteiger partial charge is 0.318 e. The second-order valence-electron chi connectivity index (χ2n) is 6.06. The molecule has 0 unspecified atom stereocenters. The van der Waals surface area contributed by atoms with Gasteiger partial charge in [0.25, 0.3) is 0 Å². The van der Waals surface area contributed by atoms with Crippen LogP contribution >= 0.6 is 11.8 Å². The van der Waals surface area contributed by atoms with Crippen LogP contribution in [0, 0.1) is 0 Å². The molecule has 2 aromatic carbocycles. The van der Waals surface area contributed by atoms with Crippen LogP contribution in [0.2, 0.25) is 0 Å². The standard InChI is InChI=1S/C22H21NO5S/c1-4-19(23-28-14(3)24)21(26)15-6-10-17(11-7-15)29-18-12-8-16(9-13-18)22(27)20(25)5-2/h6-13H,4-5H2,1-3H3/b23-19+. The summed E-state index contributed by atoms with van der Waals surface area (Å²) < 4.78 is 0. The highest BCUT2D eigenvalue weighted by atomic mass is 32.2. The topological polar surface area (TPSA) is 89.9 Å². The molecule has 150 valence electrons. The first-order chi connectivity index (χ1) is 13.8. The van der Waals surface area contributed by atoms with E-state index in [1.54, 1.807) is 62.4 Å². The van der Waals surface area contributed by atoms with Gasteiger partial charge in [-0.15, -0.1) is 0 Å². The number of Topliss-reactive ketones (excluding diaryl/α,β-unsaturated/α-hetero) is 3. The van der Waals surface area contributed by atoms with E-state index in [2.05, 4.69) is 9.99 Å². The first-order valence-corrected chi connectivity index (χ1v) is 9.92. The number of ketones is 3. The Balaban J connectivity index is 2.08. The highest BCUT2D eigenvalue weighted by molar-refractivity contribution is 7.99. The first kappa shape index (κ1) is 22.2. The van der Waals surface area contributed by atoms with Crippen LogP contribution in [0.5, 0.6) is 0 Å². The van der Waals surface area contributed by atoms with Crippen molar-refractivity contribution in [1.29, 1.82) is 0 Å². The highest BCUT2D eigenvalue weighted by Gasteiger charge is 2.15. The van der Waals surface area contributed by atoms with Crippen LogP contribution in [-0.4, -0.2) is 29.0 Å². The maximum absolute atomic E-state index is 12.5. The maximum Gasteiger partial charge on any atom is 0.331 e. The van der Waals surface area contributed by atoms with Gasteiger partial charge in [-0.25, -0.2) is 4.79 Å². The van der Waals surface area contributed by atoms with E-state index in [1.807, 2.05) is 0 Å². The highest BCUT2D eigenvalue weighted by Crippen LogP contribution is 2.28. The summed E-state index contributed by atoms with van der Waals surface area (Å²) in [7, 11) is 0. The molecule has 0 amide bonds. The number of benzene rings is 2. The fourth-order valence-electron chi connectivity index (χ4n) is 2.36. The molecule has 2 rings (SSSR count). The number of carbonyl (C=O) groups excluding carboxylic acids is 4. The number of rotatable bonds is 9. The second kappa shape index (κ2) is 10.5. The fourth-order valence-corrected chi connectivity index (χ4v) is 3.18. The van der Waals surface area contributed by atoms with Gasteiger partial charge in [0, 0.05) is 34.3 Å². The van der Waals surface area contributed by atoms with Crippen LogP contribution in [0.3, 0.4) is 0 Å². The van der Waals surface area contributed by atoms with Gasteiger partial charge < -0.3 is 4.84 Å². The number of hydrogen-bond acceptors (Lipinski definition) is 7. The Labute approximate surface area is 173 Å². The molecule has 7 heteroatoms. The minimum Gasteiger partial charge on any atom is -0.318 e. The predicted molar refractivity (Wildman–Crippen MR) is 110 cm³/mol. The van der Waals surface area contributed by atoms with E-state index in [9.17, 15) is 19.2 Å². The lowest BCUT2D eigenvalue weighted by Crippen LogP contribution is -2.14. The van der Waals surface area contributed by atoms with Crippen LogP contribution in [0.25, 0.3) is 0 Å². The molecular formula is C22H21NO5S. The van der Waals surface area contributed by atoms with Crippen molar-refractivity contribution in [1.82, 2.24) is 0 Å². The third kappa shape index (κ3) is 6.22. The number of carbonyl (C=O) groups is 4. The summed E-state index contributed by atoms with van der Waals surface area (Å²) in [5.41, 5.74) is 0.991. The average Bonchev–Trinajstić information content (AvgIpc) is 2.73. The Morgan fingerprint density at radius 2 is 1.28 bits per heavy atom. The molecule has 0 fully saturated rings. The van der Waals surface area contributed by atoms with Gasteiger partial charge in [0.2, 0.25) is 17.3 Å². The Morgan fingerprint density at radius 3 is 1.69 bits per heavy atom. The lowest BCUT2D eigenvalue weighted by Gasteiger charge is -2.06. The Kier molecular flexibility index (Phi) is 8.03. The molecule has 2 aromatic rings. The molecule has 6 nitrogen and oxygen atoms in total. The van der Waals surface area contributed by atoms with Gasteiger partial charge >= 0.3 is 5.97 Å². The summed E-state index contributed by atoms with van der Waals surface area (Å²) >= 11 is 1.46. The van der Waals surface area contributed by atoms with Crippen molar-refractivity contribution in [3.63, 3.8) is 0 Å². The number of oxime groups is 1. The molecule has 0 saturated heterocycles. The number of nitrogens with zero attached hydrogens (tertiary/aromatic N) is 1. The summed E-state index contributed by atoms with van der Waals surface area (Å²) in [6.45, 7) is 4.63. The summed E-state index contributed by atoms with van der Waals surface area (Å²) in [5, 5.41) is 3.61.